The van der Waals surface area contributed by atoms with Gasteiger partial charge in [-0.2, -0.15) is 5.10 Å². The smallest absolute Gasteiger partial charge is 0.247 e. The SMILES string of the molecule is Cc1cc(NC(=O)[C@@H](C)n2c(-c3cccs3)n[nH]c2=S)ccc1Br. The van der Waals surface area contributed by atoms with Crippen LogP contribution in [-0.2, 0) is 4.79 Å². The highest BCUT2D eigenvalue weighted by atomic mass is 79.9. The predicted molar refractivity (Wildman–Crippen MR) is 103 cm³/mol. The lowest BCUT2D eigenvalue weighted by molar-refractivity contribution is -0.118. The number of hydrogen-bond acceptors (Lipinski definition) is 4. The average molecular weight is 423 g/mol. The topological polar surface area (TPSA) is 62.7 Å². The molecule has 2 heterocycles. The summed E-state index contributed by atoms with van der Waals surface area (Å²) in [5.74, 6) is 0.525. The standard InChI is InChI=1S/C16H15BrN4OS2/c1-9-8-11(5-6-12(9)17)18-15(22)10(2)21-14(19-20-16(21)23)13-4-3-7-24-13/h3-8,10H,1-2H3,(H,18,22)(H,20,23)/t10-/m1/s1. The molecule has 0 spiro atoms. The van der Waals surface area contributed by atoms with Gasteiger partial charge < -0.3 is 5.32 Å². The van der Waals surface area contributed by atoms with E-state index < -0.39 is 6.04 Å². The van der Waals surface area contributed by atoms with Crippen molar-refractivity contribution in [2.75, 3.05) is 5.32 Å². The molecule has 0 aliphatic carbocycles. The van der Waals surface area contributed by atoms with Gasteiger partial charge in [0.2, 0.25) is 5.91 Å². The Labute approximate surface area is 156 Å². The van der Waals surface area contributed by atoms with E-state index in [-0.39, 0.29) is 5.91 Å². The Morgan fingerprint density at radius 2 is 2.25 bits per heavy atom. The molecule has 3 aromatic rings. The van der Waals surface area contributed by atoms with Crippen LogP contribution in [0.2, 0.25) is 0 Å². The summed E-state index contributed by atoms with van der Waals surface area (Å²) in [7, 11) is 0. The number of carbonyl (C=O) groups excluding carboxylic acids is 1. The predicted octanol–water partition coefficient (Wildman–Crippen LogP) is 4.94. The highest BCUT2D eigenvalue weighted by Crippen LogP contribution is 2.26. The van der Waals surface area contributed by atoms with Crippen molar-refractivity contribution in [2.24, 2.45) is 0 Å². The Balaban J connectivity index is 1.88. The van der Waals surface area contributed by atoms with Crippen LogP contribution in [0.5, 0.6) is 0 Å². The van der Waals surface area contributed by atoms with Crippen LogP contribution < -0.4 is 5.32 Å². The summed E-state index contributed by atoms with van der Waals surface area (Å²) in [5.41, 5.74) is 1.81. The first-order valence-corrected chi connectivity index (χ1v) is 9.33. The first-order chi connectivity index (χ1) is 11.5. The molecule has 0 saturated heterocycles. The maximum Gasteiger partial charge on any atom is 0.247 e. The van der Waals surface area contributed by atoms with Gasteiger partial charge in [-0.1, -0.05) is 22.0 Å². The summed E-state index contributed by atoms with van der Waals surface area (Å²) >= 11 is 10.3. The summed E-state index contributed by atoms with van der Waals surface area (Å²) in [5, 5.41) is 11.9. The number of anilines is 1. The van der Waals surface area contributed by atoms with Crippen molar-refractivity contribution in [3.8, 4) is 10.7 Å². The monoisotopic (exact) mass is 422 g/mol. The molecule has 0 bridgehead atoms. The molecule has 2 N–H and O–H groups in total. The van der Waals surface area contributed by atoms with Crippen LogP contribution >= 0.6 is 39.5 Å². The summed E-state index contributed by atoms with van der Waals surface area (Å²) in [4.78, 5) is 13.6. The van der Waals surface area contributed by atoms with E-state index in [1.165, 1.54) is 0 Å². The van der Waals surface area contributed by atoms with E-state index in [0.29, 0.717) is 10.6 Å². The number of H-pyrrole nitrogens is 1. The number of aromatic nitrogens is 3. The molecule has 0 saturated carbocycles. The highest BCUT2D eigenvalue weighted by molar-refractivity contribution is 9.10. The second-order valence-electron chi connectivity index (χ2n) is 5.33. The second kappa shape index (κ2) is 7.00. The molecule has 0 unspecified atom stereocenters. The molecule has 124 valence electrons. The van der Waals surface area contributed by atoms with E-state index in [0.717, 1.165) is 20.6 Å². The minimum atomic E-state index is -0.489. The number of aryl methyl sites for hydroxylation is 1. The van der Waals surface area contributed by atoms with Crippen LogP contribution in [-0.4, -0.2) is 20.7 Å². The molecule has 0 fully saturated rings. The van der Waals surface area contributed by atoms with E-state index >= 15 is 0 Å². The molecule has 1 aromatic carbocycles. The Morgan fingerprint density at radius 1 is 1.46 bits per heavy atom. The van der Waals surface area contributed by atoms with Gasteiger partial charge in [-0.05, 0) is 61.3 Å². The number of nitrogens with zero attached hydrogens (tertiary/aromatic N) is 2. The van der Waals surface area contributed by atoms with E-state index in [2.05, 4.69) is 31.4 Å². The first kappa shape index (κ1) is 17.1. The van der Waals surface area contributed by atoms with E-state index in [1.807, 2.05) is 49.6 Å². The Kier molecular flexibility index (Phi) is 4.98. The molecule has 5 nitrogen and oxygen atoms in total. The molecule has 0 aliphatic heterocycles. The quantitative estimate of drug-likeness (QED) is 0.585. The van der Waals surface area contributed by atoms with E-state index in [1.54, 1.807) is 15.9 Å². The normalized spacial score (nSPS) is 12.1. The van der Waals surface area contributed by atoms with Gasteiger partial charge in [-0.3, -0.25) is 14.5 Å². The molecule has 1 atom stereocenters. The Hall–Kier alpha value is -1.77. The van der Waals surface area contributed by atoms with Gasteiger partial charge in [-0.15, -0.1) is 11.3 Å². The van der Waals surface area contributed by atoms with Gasteiger partial charge in [0.25, 0.3) is 0 Å². The molecule has 0 aliphatic rings. The summed E-state index contributed by atoms with van der Waals surface area (Å²) in [6.07, 6.45) is 0. The number of aromatic amines is 1. The van der Waals surface area contributed by atoms with Crippen molar-refractivity contribution in [3.05, 3.63) is 50.5 Å². The van der Waals surface area contributed by atoms with Crippen molar-refractivity contribution < 1.29 is 4.79 Å². The van der Waals surface area contributed by atoms with Crippen LogP contribution in [0.1, 0.15) is 18.5 Å². The number of rotatable bonds is 4. The number of amides is 1. The number of thiophene rings is 1. The van der Waals surface area contributed by atoms with Gasteiger partial charge in [0, 0.05) is 10.2 Å². The number of halogens is 1. The summed E-state index contributed by atoms with van der Waals surface area (Å²) in [6, 6.07) is 9.10. The molecule has 1 amide bonds. The molecule has 3 rings (SSSR count). The zero-order valence-electron chi connectivity index (χ0n) is 13.0. The third-order valence-corrected chi connectivity index (χ3v) is 5.68. The van der Waals surface area contributed by atoms with Crippen molar-refractivity contribution >= 4 is 51.1 Å². The lowest BCUT2D eigenvalue weighted by Crippen LogP contribution is -2.24. The van der Waals surface area contributed by atoms with Gasteiger partial charge >= 0.3 is 0 Å². The van der Waals surface area contributed by atoms with Gasteiger partial charge in [-0.25, -0.2) is 0 Å². The van der Waals surface area contributed by atoms with E-state index in [9.17, 15) is 4.79 Å². The second-order valence-corrected chi connectivity index (χ2v) is 7.52. The number of benzene rings is 1. The lowest BCUT2D eigenvalue weighted by Gasteiger charge is -2.15. The van der Waals surface area contributed by atoms with Gasteiger partial charge in [0.05, 0.1) is 4.88 Å². The first-order valence-electron chi connectivity index (χ1n) is 7.25. The maximum atomic E-state index is 12.7. The molecule has 0 radical (unpaired) electrons. The van der Waals surface area contributed by atoms with E-state index in [4.69, 9.17) is 12.2 Å². The van der Waals surface area contributed by atoms with Crippen LogP contribution in [0, 0.1) is 11.7 Å². The third kappa shape index (κ3) is 3.35. The Bertz CT molecular complexity index is 930. The fraction of sp³-hybridized carbons (Fsp3) is 0.188. The van der Waals surface area contributed by atoms with Crippen molar-refractivity contribution in [3.63, 3.8) is 0 Å². The molecule has 2 aromatic heterocycles. The molecule has 8 heteroatoms. The zero-order valence-corrected chi connectivity index (χ0v) is 16.3. The average Bonchev–Trinajstić information content (AvgIpc) is 3.19. The van der Waals surface area contributed by atoms with Crippen LogP contribution in [0.4, 0.5) is 5.69 Å². The fourth-order valence-electron chi connectivity index (χ4n) is 2.33. The minimum Gasteiger partial charge on any atom is -0.324 e. The number of nitrogens with one attached hydrogen (secondary N) is 2. The van der Waals surface area contributed by atoms with Gasteiger partial charge in [0.15, 0.2) is 10.6 Å². The highest BCUT2D eigenvalue weighted by Gasteiger charge is 2.21. The molecular formula is C16H15BrN4OS2. The van der Waals surface area contributed by atoms with Crippen molar-refractivity contribution in [1.29, 1.82) is 0 Å². The largest absolute Gasteiger partial charge is 0.324 e. The third-order valence-electron chi connectivity index (χ3n) is 3.64. The number of carbonyl (C=O) groups is 1. The van der Waals surface area contributed by atoms with Crippen LogP contribution in [0.15, 0.2) is 40.2 Å². The number of hydrogen-bond donors (Lipinski definition) is 2. The lowest BCUT2D eigenvalue weighted by atomic mass is 10.2. The van der Waals surface area contributed by atoms with Gasteiger partial charge in [0.1, 0.15) is 6.04 Å². The Morgan fingerprint density at radius 3 is 2.92 bits per heavy atom. The zero-order chi connectivity index (χ0) is 17.3. The van der Waals surface area contributed by atoms with Crippen LogP contribution in [0.3, 0.4) is 0 Å². The molecular weight excluding hydrogens is 408 g/mol. The van der Waals surface area contributed by atoms with Crippen LogP contribution in [0.25, 0.3) is 10.7 Å². The summed E-state index contributed by atoms with van der Waals surface area (Å²) in [6.45, 7) is 3.79. The summed E-state index contributed by atoms with van der Waals surface area (Å²) < 4.78 is 3.17. The maximum absolute atomic E-state index is 12.7. The molecule has 24 heavy (non-hydrogen) atoms. The van der Waals surface area contributed by atoms with Crippen molar-refractivity contribution in [2.45, 2.75) is 19.9 Å². The van der Waals surface area contributed by atoms with Crippen molar-refractivity contribution in [1.82, 2.24) is 14.8 Å². The fourth-order valence-corrected chi connectivity index (χ4v) is 3.58. The minimum absolute atomic E-state index is 0.146.